The molecule has 0 aliphatic carbocycles. The van der Waals surface area contributed by atoms with Crippen LogP contribution in [-0.2, 0) is 14.8 Å². The van der Waals surface area contributed by atoms with E-state index in [0.29, 0.717) is 22.1 Å². The molecule has 3 aromatic carbocycles. The molecule has 0 heterocycles. The molecule has 3 rings (SSSR count). The van der Waals surface area contributed by atoms with Crippen molar-refractivity contribution in [1.29, 1.82) is 5.26 Å². The number of carbonyl (C=O) groups is 1. The molecule has 0 atom stereocenters. The van der Waals surface area contributed by atoms with Gasteiger partial charge in [0.15, 0.2) is 6.61 Å². The van der Waals surface area contributed by atoms with E-state index in [2.05, 4.69) is 10.5 Å². The normalized spacial score (nSPS) is 11.0. The van der Waals surface area contributed by atoms with Crippen molar-refractivity contribution in [2.24, 2.45) is 5.10 Å². The highest BCUT2D eigenvalue weighted by Gasteiger charge is 2.27. The Bertz CT molecular complexity index is 1340. The standard InChI is InChI=1S/C24H21ClN4O5S/c1-33-21-9-11-23(12-10-21)35(31,32)29(20-4-2-3-19(25)15-20)17-24(30)28-27-16-18-5-7-22(8-6-18)34-14-13-26/h2-12,15-16H,14,17H2,1H3,(H,28,30)/b27-16-. The number of ether oxygens (including phenoxy) is 2. The van der Waals surface area contributed by atoms with Crippen LogP contribution in [0.15, 0.2) is 82.8 Å². The van der Waals surface area contributed by atoms with Gasteiger partial charge in [-0.05, 0) is 72.3 Å². The van der Waals surface area contributed by atoms with E-state index in [1.165, 1.54) is 43.7 Å². The van der Waals surface area contributed by atoms with E-state index in [0.717, 1.165) is 4.31 Å². The van der Waals surface area contributed by atoms with Gasteiger partial charge in [0.1, 0.15) is 24.1 Å². The molecule has 0 fully saturated rings. The average molecular weight is 513 g/mol. The van der Waals surface area contributed by atoms with Gasteiger partial charge in [-0.15, -0.1) is 0 Å². The molecule has 35 heavy (non-hydrogen) atoms. The summed E-state index contributed by atoms with van der Waals surface area (Å²) in [6.45, 7) is -0.598. The van der Waals surface area contributed by atoms with Crippen molar-refractivity contribution in [3.05, 3.63) is 83.4 Å². The molecule has 1 N–H and O–H groups in total. The summed E-state index contributed by atoms with van der Waals surface area (Å²) in [5.41, 5.74) is 3.22. The van der Waals surface area contributed by atoms with Gasteiger partial charge in [0.05, 0.1) is 23.9 Å². The number of rotatable bonds is 10. The monoisotopic (exact) mass is 512 g/mol. The molecule has 0 spiro atoms. The Kier molecular flexibility index (Phi) is 8.67. The molecule has 0 aliphatic heterocycles. The predicted octanol–water partition coefficient (Wildman–Crippen LogP) is 3.60. The minimum Gasteiger partial charge on any atom is -0.497 e. The molecular weight excluding hydrogens is 492 g/mol. The van der Waals surface area contributed by atoms with Crippen molar-refractivity contribution in [1.82, 2.24) is 5.43 Å². The van der Waals surface area contributed by atoms with E-state index in [1.807, 2.05) is 6.07 Å². The lowest BCUT2D eigenvalue weighted by Crippen LogP contribution is -2.39. The van der Waals surface area contributed by atoms with Crippen molar-refractivity contribution in [3.8, 4) is 17.6 Å². The smallest absolute Gasteiger partial charge is 0.264 e. The largest absolute Gasteiger partial charge is 0.497 e. The maximum absolute atomic E-state index is 13.4. The second-order valence-corrected chi connectivity index (χ2v) is 9.27. The maximum Gasteiger partial charge on any atom is 0.264 e. The Morgan fingerprint density at radius 1 is 1.11 bits per heavy atom. The van der Waals surface area contributed by atoms with Crippen molar-refractivity contribution in [2.75, 3.05) is 24.6 Å². The van der Waals surface area contributed by atoms with Crippen molar-refractivity contribution in [3.63, 3.8) is 0 Å². The Morgan fingerprint density at radius 2 is 1.80 bits per heavy atom. The number of hydrogen-bond donors (Lipinski definition) is 1. The zero-order valence-corrected chi connectivity index (χ0v) is 20.2. The Labute approximate surface area is 208 Å². The number of hydrazone groups is 1. The zero-order chi connectivity index (χ0) is 25.3. The van der Waals surface area contributed by atoms with Crippen molar-refractivity contribution >= 4 is 39.4 Å². The summed E-state index contributed by atoms with van der Waals surface area (Å²) < 4.78 is 38.0. The highest BCUT2D eigenvalue weighted by atomic mass is 35.5. The summed E-state index contributed by atoms with van der Waals surface area (Å²) in [5.74, 6) is 0.357. The number of halogens is 1. The minimum absolute atomic E-state index is 0.0201. The van der Waals surface area contributed by atoms with Crippen LogP contribution in [0.4, 0.5) is 5.69 Å². The Morgan fingerprint density at radius 3 is 2.43 bits per heavy atom. The highest BCUT2D eigenvalue weighted by molar-refractivity contribution is 7.92. The molecule has 180 valence electrons. The maximum atomic E-state index is 13.4. The lowest BCUT2D eigenvalue weighted by molar-refractivity contribution is -0.119. The van der Waals surface area contributed by atoms with Crippen LogP contribution < -0.4 is 19.2 Å². The lowest BCUT2D eigenvalue weighted by Gasteiger charge is -2.24. The summed E-state index contributed by atoms with van der Waals surface area (Å²) >= 11 is 6.06. The van der Waals surface area contributed by atoms with E-state index in [9.17, 15) is 13.2 Å². The first-order chi connectivity index (χ1) is 16.8. The van der Waals surface area contributed by atoms with Gasteiger partial charge in [0.25, 0.3) is 15.9 Å². The third kappa shape index (κ3) is 6.96. The zero-order valence-electron chi connectivity index (χ0n) is 18.6. The molecule has 3 aromatic rings. The van der Waals surface area contributed by atoms with Crippen LogP contribution in [0.1, 0.15) is 5.56 Å². The van der Waals surface area contributed by atoms with Crippen LogP contribution in [0.5, 0.6) is 11.5 Å². The molecule has 0 radical (unpaired) electrons. The van der Waals surface area contributed by atoms with Crippen LogP contribution in [0.2, 0.25) is 5.02 Å². The molecule has 0 bridgehead atoms. The minimum atomic E-state index is -4.11. The number of nitrogens with zero attached hydrogens (tertiary/aromatic N) is 3. The molecule has 0 saturated carbocycles. The predicted molar refractivity (Wildman–Crippen MR) is 132 cm³/mol. The van der Waals surface area contributed by atoms with E-state index >= 15 is 0 Å². The molecule has 9 nitrogen and oxygen atoms in total. The second kappa shape index (κ2) is 11.9. The SMILES string of the molecule is COc1ccc(S(=O)(=O)N(CC(=O)N/N=C\c2ccc(OCC#N)cc2)c2cccc(Cl)c2)cc1. The second-order valence-electron chi connectivity index (χ2n) is 6.98. The first-order valence-electron chi connectivity index (χ1n) is 10.2. The number of nitriles is 1. The van der Waals surface area contributed by atoms with Gasteiger partial charge >= 0.3 is 0 Å². The molecular formula is C24H21ClN4O5S. The summed E-state index contributed by atoms with van der Waals surface area (Å²) in [6, 6.07) is 20.6. The number of amides is 1. The first kappa shape index (κ1) is 25.6. The third-order valence-corrected chi connectivity index (χ3v) is 6.64. The van der Waals surface area contributed by atoms with E-state index in [4.69, 9.17) is 26.3 Å². The van der Waals surface area contributed by atoms with Gasteiger partial charge in [-0.1, -0.05) is 17.7 Å². The van der Waals surface area contributed by atoms with Gasteiger partial charge in [-0.3, -0.25) is 9.10 Å². The van der Waals surface area contributed by atoms with E-state index in [1.54, 1.807) is 42.5 Å². The fourth-order valence-corrected chi connectivity index (χ4v) is 4.53. The van der Waals surface area contributed by atoms with Gasteiger partial charge in [-0.25, -0.2) is 13.8 Å². The van der Waals surface area contributed by atoms with Crippen molar-refractivity contribution < 1.29 is 22.7 Å². The van der Waals surface area contributed by atoms with Crippen LogP contribution in [0.3, 0.4) is 0 Å². The summed E-state index contributed by atoms with van der Waals surface area (Å²) in [7, 11) is -2.64. The molecule has 0 saturated heterocycles. The van der Waals surface area contributed by atoms with E-state index < -0.39 is 22.5 Å². The van der Waals surface area contributed by atoms with Crippen LogP contribution in [0, 0.1) is 11.3 Å². The molecule has 11 heteroatoms. The number of sulfonamides is 1. The fraction of sp³-hybridized carbons (Fsp3) is 0.125. The van der Waals surface area contributed by atoms with Crippen LogP contribution in [0.25, 0.3) is 0 Å². The topological polar surface area (TPSA) is 121 Å². The number of benzene rings is 3. The molecule has 0 unspecified atom stereocenters. The van der Waals surface area contributed by atoms with Gasteiger partial charge in [0.2, 0.25) is 0 Å². The molecule has 0 aliphatic rings. The van der Waals surface area contributed by atoms with E-state index in [-0.39, 0.29) is 17.2 Å². The number of carbonyl (C=O) groups excluding carboxylic acids is 1. The number of anilines is 1. The first-order valence-corrected chi connectivity index (χ1v) is 12.0. The summed E-state index contributed by atoms with van der Waals surface area (Å²) in [4.78, 5) is 12.6. The Balaban J connectivity index is 1.76. The lowest BCUT2D eigenvalue weighted by atomic mass is 10.2. The number of methoxy groups -OCH3 is 1. The van der Waals surface area contributed by atoms with Crippen LogP contribution in [-0.4, -0.2) is 40.8 Å². The molecule has 1 amide bonds. The van der Waals surface area contributed by atoms with Crippen molar-refractivity contribution in [2.45, 2.75) is 4.90 Å². The number of nitrogens with one attached hydrogen (secondary N) is 1. The fourth-order valence-electron chi connectivity index (χ4n) is 2.93. The van der Waals surface area contributed by atoms with Crippen LogP contribution >= 0.6 is 11.6 Å². The van der Waals surface area contributed by atoms with Gasteiger partial charge in [-0.2, -0.15) is 10.4 Å². The average Bonchev–Trinajstić information content (AvgIpc) is 2.86. The summed E-state index contributed by atoms with van der Waals surface area (Å²) in [6.07, 6.45) is 1.40. The Hall–Kier alpha value is -4.07. The van der Waals surface area contributed by atoms with Gasteiger partial charge < -0.3 is 9.47 Å². The quantitative estimate of drug-likeness (QED) is 0.327. The summed E-state index contributed by atoms with van der Waals surface area (Å²) in [5, 5.41) is 12.8. The molecule has 0 aromatic heterocycles. The van der Waals surface area contributed by atoms with Gasteiger partial charge in [0, 0.05) is 5.02 Å². The highest BCUT2D eigenvalue weighted by Crippen LogP contribution is 2.27. The number of hydrogen-bond acceptors (Lipinski definition) is 7. The third-order valence-electron chi connectivity index (χ3n) is 4.62.